The maximum atomic E-state index is 12.6. The van der Waals surface area contributed by atoms with Crippen molar-refractivity contribution in [2.24, 2.45) is 0 Å². The molecular weight excluding hydrogens is 438 g/mol. The highest BCUT2D eigenvalue weighted by atomic mass is 79.9. The molecule has 0 unspecified atom stereocenters. The Kier molecular flexibility index (Phi) is 4.88. The zero-order chi connectivity index (χ0) is 17.4. The molecule has 0 aliphatic carbocycles. The average Bonchev–Trinajstić information content (AvgIpc) is 2.76. The van der Waals surface area contributed by atoms with E-state index in [9.17, 15) is 9.59 Å². The first kappa shape index (κ1) is 17.3. The second-order valence-electron chi connectivity index (χ2n) is 4.87. The highest BCUT2D eigenvalue weighted by Gasteiger charge is 2.38. The number of hydrogen-bond donors (Lipinski definition) is 1. The van der Waals surface area contributed by atoms with E-state index in [1.165, 1.54) is 0 Å². The van der Waals surface area contributed by atoms with Crippen molar-refractivity contribution in [1.82, 2.24) is 0 Å². The number of nitrogens with zero attached hydrogens (tertiary/aromatic N) is 1. The summed E-state index contributed by atoms with van der Waals surface area (Å²) in [4.78, 5) is 25.9. The summed E-state index contributed by atoms with van der Waals surface area (Å²) in [5, 5.41) is 3.35. The Hall–Kier alpha value is -1.53. The SMILES string of the molecule is O=C1C(Cl)=C(Nc2ccc(Cl)c(Cl)c2)C(=O)N1c1ccc(Br)cc1. The zero-order valence-corrected chi connectivity index (χ0v) is 15.7. The van der Waals surface area contributed by atoms with Crippen LogP contribution in [0.2, 0.25) is 10.0 Å². The van der Waals surface area contributed by atoms with E-state index in [0.717, 1.165) is 9.37 Å². The van der Waals surface area contributed by atoms with Gasteiger partial charge in [0, 0.05) is 10.2 Å². The molecule has 0 saturated carbocycles. The normalized spacial score (nSPS) is 14.6. The maximum absolute atomic E-state index is 12.6. The van der Waals surface area contributed by atoms with Crippen LogP contribution in [-0.4, -0.2) is 11.8 Å². The van der Waals surface area contributed by atoms with E-state index in [-0.39, 0.29) is 10.7 Å². The topological polar surface area (TPSA) is 49.4 Å². The molecule has 0 spiro atoms. The van der Waals surface area contributed by atoms with Gasteiger partial charge in [-0.1, -0.05) is 50.7 Å². The van der Waals surface area contributed by atoms with Crippen molar-refractivity contribution in [1.29, 1.82) is 0 Å². The lowest BCUT2D eigenvalue weighted by Gasteiger charge is -2.15. The smallest absolute Gasteiger partial charge is 0.283 e. The average molecular weight is 447 g/mol. The number of rotatable bonds is 3. The standard InChI is InChI=1S/C16H8BrCl3N2O2/c17-8-1-4-10(5-2-8)22-15(23)13(20)14(16(22)24)21-9-3-6-11(18)12(19)7-9/h1-7,21H. The summed E-state index contributed by atoms with van der Waals surface area (Å²) in [6.45, 7) is 0. The molecule has 0 atom stereocenters. The monoisotopic (exact) mass is 444 g/mol. The number of carbonyl (C=O) groups excluding carboxylic acids is 2. The van der Waals surface area contributed by atoms with E-state index in [0.29, 0.717) is 21.4 Å². The van der Waals surface area contributed by atoms with E-state index in [1.54, 1.807) is 42.5 Å². The molecule has 1 aliphatic heterocycles. The molecule has 8 heteroatoms. The summed E-state index contributed by atoms with van der Waals surface area (Å²) in [7, 11) is 0. The Labute approximate surface area is 161 Å². The summed E-state index contributed by atoms with van der Waals surface area (Å²) in [5.74, 6) is -1.13. The van der Waals surface area contributed by atoms with E-state index in [2.05, 4.69) is 21.2 Å². The second kappa shape index (κ2) is 6.76. The van der Waals surface area contributed by atoms with Crippen LogP contribution < -0.4 is 10.2 Å². The molecule has 0 aromatic heterocycles. The molecular formula is C16H8BrCl3N2O2. The van der Waals surface area contributed by atoms with Gasteiger partial charge in [-0.15, -0.1) is 0 Å². The van der Waals surface area contributed by atoms with Crippen LogP contribution in [0.3, 0.4) is 0 Å². The fourth-order valence-electron chi connectivity index (χ4n) is 2.15. The summed E-state index contributed by atoms with van der Waals surface area (Å²) in [6, 6.07) is 11.5. The van der Waals surface area contributed by atoms with Gasteiger partial charge in [-0.05, 0) is 42.5 Å². The van der Waals surface area contributed by atoms with Crippen molar-refractivity contribution in [2.75, 3.05) is 10.2 Å². The molecule has 2 aromatic rings. The minimum atomic E-state index is -0.591. The van der Waals surface area contributed by atoms with Gasteiger partial charge in [-0.2, -0.15) is 0 Å². The number of nitrogens with one attached hydrogen (secondary N) is 1. The van der Waals surface area contributed by atoms with Gasteiger partial charge in [0.1, 0.15) is 10.7 Å². The minimum absolute atomic E-state index is 0.0111. The molecule has 0 saturated heterocycles. The number of benzene rings is 2. The third kappa shape index (κ3) is 3.17. The number of imide groups is 1. The van der Waals surface area contributed by atoms with Crippen molar-refractivity contribution in [3.8, 4) is 0 Å². The number of anilines is 2. The Morgan fingerprint density at radius 1 is 0.875 bits per heavy atom. The summed E-state index contributed by atoms with van der Waals surface area (Å²) >= 11 is 21.2. The van der Waals surface area contributed by atoms with Gasteiger partial charge < -0.3 is 5.32 Å². The fourth-order valence-corrected chi connectivity index (χ4v) is 2.93. The van der Waals surface area contributed by atoms with Gasteiger partial charge in [0.25, 0.3) is 11.8 Å². The van der Waals surface area contributed by atoms with Crippen LogP contribution in [0.15, 0.2) is 57.7 Å². The van der Waals surface area contributed by atoms with Crippen molar-refractivity contribution in [3.63, 3.8) is 0 Å². The van der Waals surface area contributed by atoms with Crippen LogP contribution in [0.5, 0.6) is 0 Å². The third-order valence-corrected chi connectivity index (χ3v) is 4.92. The van der Waals surface area contributed by atoms with E-state index >= 15 is 0 Å². The van der Waals surface area contributed by atoms with Gasteiger partial charge in [0.2, 0.25) is 0 Å². The fraction of sp³-hybridized carbons (Fsp3) is 0. The maximum Gasteiger partial charge on any atom is 0.283 e. The molecule has 0 fully saturated rings. The molecule has 1 aliphatic rings. The quantitative estimate of drug-likeness (QED) is 0.660. The van der Waals surface area contributed by atoms with Crippen molar-refractivity contribution < 1.29 is 9.59 Å². The van der Waals surface area contributed by atoms with Crippen molar-refractivity contribution >= 4 is 73.9 Å². The van der Waals surface area contributed by atoms with Crippen LogP contribution in [0, 0.1) is 0 Å². The Balaban J connectivity index is 1.91. The van der Waals surface area contributed by atoms with Gasteiger partial charge in [-0.3, -0.25) is 9.59 Å². The molecule has 1 heterocycles. The first-order chi connectivity index (χ1) is 11.4. The first-order valence-electron chi connectivity index (χ1n) is 6.64. The highest BCUT2D eigenvalue weighted by Crippen LogP contribution is 2.32. The molecule has 24 heavy (non-hydrogen) atoms. The minimum Gasteiger partial charge on any atom is -0.350 e. The van der Waals surface area contributed by atoms with Crippen LogP contribution in [0.4, 0.5) is 11.4 Å². The first-order valence-corrected chi connectivity index (χ1v) is 8.57. The lowest BCUT2D eigenvalue weighted by molar-refractivity contribution is -0.120. The summed E-state index contributed by atoms with van der Waals surface area (Å²) in [6.07, 6.45) is 0. The molecule has 2 amide bonds. The van der Waals surface area contributed by atoms with Crippen LogP contribution >= 0.6 is 50.7 Å². The number of carbonyl (C=O) groups is 2. The van der Waals surface area contributed by atoms with Crippen LogP contribution in [0.1, 0.15) is 0 Å². The third-order valence-electron chi connectivity index (χ3n) is 3.30. The van der Waals surface area contributed by atoms with E-state index in [1.807, 2.05) is 0 Å². The lowest BCUT2D eigenvalue weighted by Crippen LogP contribution is -2.32. The summed E-state index contributed by atoms with van der Waals surface area (Å²) < 4.78 is 0.832. The number of amides is 2. The molecule has 122 valence electrons. The van der Waals surface area contributed by atoms with Gasteiger partial charge in [0.15, 0.2) is 0 Å². The summed E-state index contributed by atoms with van der Waals surface area (Å²) in [5.41, 5.74) is 0.914. The number of halogens is 4. The lowest BCUT2D eigenvalue weighted by atomic mass is 10.3. The van der Waals surface area contributed by atoms with Crippen molar-refractivity contribution in [3.05, 3.63) is 67.7 Å². The predicted octanol–water partition coefficient (Wildman–Crippen LogP) is 5.19. The van der Waals surface area contributed by atoms with Crippen LogP contribution in [-0.2, 0) is 9.59 Å². The van der Waals surface area contributed by atoms with Gasteiger partial charge >= 0.3 is 0 Å². The Morgan fingerprint density at radius 2 is 1.54 bits per heavy atom. The molecule has 2 aromatic carbocycles. The number of hydrogen-bond acceptors (Lipinski definition) is 3. The van der Waals surface area contributed by atoms with E-state index in [4.69, 9.17) is 34.8 Å². The molecule has 4 nitrogen and oxygen atoms in total. The molecule has 0 radical (unpaired) electrons. The largest absolute Gasteiger partial charge is 0.350 e. The molecule has 0 bridgehead atoms. The highest BCUT2D eigenvalue weighted by molar-refractivity contribution is 9.10. The Morgan fingerprint density at radius 3 is 2.17 bits per heavy atom. The Bertz CT molecular complexity index is 881. The van der Waals surface area contributed by atoms with Gasteiger partial charge in [0.05, 0.1) is 15.7 Å². The molecule has 1 N–H and O–H groups in total. The predicted molar refractivity (Wildman–Crippen MR) is 99.6 cm³/mol. The second-order valence-corrected chi connectivity index (χ2v) is 6.97. The van der Waals surface area contributed by atoms with Crippen LogP contribution in [0.25, 0.3) is 0 Å². The van der Waals surface area contributed by atoms with Gasteiger partial charge in [-0.25, -0.2) is 4.90 Å². The zero-order valence-electron chi connectivity index (χ0n) is 11.8. The van der Waals surface area contributed by atoms with E-state index < -0.39 is 11.8 Å². The van der Waals surface area contributed by atoms with Crippen molar-refractivity contribution in [2.45, 2.75) is 0 Å². The molecule has 3 rings (SSSR count).